The van der Waals surface area contributed by atoms with Crippen LogP contribution in [-0.4, -0.2) is 26.2 Å². The third-order valence-electron chi connectivity index (χ3n) is 3.85. The fraction of sp³-hybridized carbons (Fsp3) is 0.333. The molecule has 2 aromatic rings. The van der Waals surface area contributed by atoms with Crippen LogP contribution in [0.2, 0.25) is 0 Å². The van der Waals surface area contributed by atoms with Crippen molar-refractivity contribution in [2.75, 3.05) is 10.8 Å². The third kappa shape index (κ3) is 4.56. The Morgan fingerprint density at radius 2 is 1.54 bits per heavy atom. The van der Waals surface area contributed by atoms with Gasteiger partial charge in [0.2, 0.25) is 0 Å². The van der Waals surface area contributed by atoms with Crippen LogP contribution in [0.15, 0.2) is 53.4 Å². The van der Waals surface area contributed by atoms with E-state index >= 15 is 0 Å². The summed E-state index contributed by atoms with van der Waals surface area (Å²) in [6.07, 6.45) is -4.72. The Morgan fingerprint density at radius 1 is 1.00 bits per heavy atom. The van der Waals surface area contributed by atoms with E-state index in [4.69, 9.17) is 0 Å². The normalized spacial score (nSPS) is 12.9. The molecule has 0 atom stereocenters. The van der Waals surface area contributed by atoms with Crippen LogP contribution in [0.3, 0.4) is 0 Å². The summed E-state index contributed by atoms with van der Waals surface area (Å²) in [4.78, 5) is -0.184. The molecule has 0 radical (unpaired) electrons. The number of benzene rings is 2. The Labute approximate surface area is 150 Å². The van der Waals surface area contributed by atoms with E-state index < -0.39 is 28.3 Å². The van der Waals surface area contributed by atoms with Gasteiger partial charge in [0.15, 0.2) is 0 Å². The lowest BCUT2D eigenvalue weighted by atomic mass is 9.98. The first-order valence-electron chi connectivity index (χ1n) is 7.80. The number of alkyl halides is 3. The zero-order chi connectivity index (χ0) is 19.8. The van der Waals surface area contributed by atoms with Crippen LogP contribution in [-0.2, 0) is 15.6 Å². The van der Waals surface area contributed by atoms with Gasteiger partial charge >= 0.3 is 6.18 Å². The average molecular weight is 387 g/mol. The summed E-state index contributed by atoms with van der Waals surface area (Å²) in [6.45, 7) is 2.93. The lowest BCUT2D eigenvalue weighted by Gasteiger charge is -2.27. The molecule has 4 nitrogen and oxygen atoms in total. The van der Waals surface area contributed by atoms with Gasteiger partial charge in [0, 0.05) is 0 Å². The molecule has 0 fully saturated rings. The summed E-state index contributed by atoms with van der Waals surface area (Å²) in [6, 6.07) is 11.2. The van der Waals surface area contributed by atoms with E-state index in [1.807, 2.05) is 0 Å². The Hall–Kier alpha value is -2.06. The van der Waals surface area contributed by atoms with Gasteiger partial charge in [-0.2, -0.15) is 13.2 Å². The molecule has 0 aliphatic rings. The first-order valence-corrected chi connectivity index (χ1v) is 9.24. The number of aryl methyl sites for hydroxylation is 1. The van der Waals surface area contributed by atoms with Crippen LogP contribution in [0.1, 0.15) is 25.0 Å². The fourth-order valence-electron chi connectivity index (χ4n) is 2.48. The summed E-state index contributed by atoms with van der Waals surface area (Å²) in [5.74, 6) is 0. The molecule has 26 heavy (non-hydrogen) atoms. The molecule has 0 unspecified atom stereocenters. The highest BCUT2D eigenvalue weighted by Gasteiger charge is 2.38. The smallest absolute Gasteiger partial charge is 0.386 e. The predicted octanol–water partition coefficient (Wildman–Crippen LogP) is 3.98. The fourth-order valence-corrected chi connectivity index (χ4v) is 4.16. The molecule has 0 amide bonds. The standard InChI is InChI=1S/C18H20F3NO3S/c1-13-6-4-5-7-16(13)26(24,25)22(12-18(19,20)21)15-10-8-14(9-11-15)17(2,3)23/h4-11,23H,12H2,1-3H3. The van der Waals surface area contributed by atoms with Gasteiger partial charge in [0.05, 0.1) is 16.2 Å². The van der Waals surface area contributed by atoms with Crippen molar-refractivity contribution in [2.45, 2.75) is 37.4 Å². The Kier molecular flexibility index (Phi) is 5.39. The van der Waals surface area contributed by atoms with Crippen LogP contribution in [0.4, 0.5) is 18.9 Å². The first-order chi connectivity index (χ1) is 11.8. The minimum Gasteiger partial charge on any atom is -0.386 e. The molecular formula is C18H20F3NO3S. The molecule has 0 spiro atoms. The van der Waals surface area contributed by atoms with E-state index in [1.165, 1.54) is 63.2 Å². The highest BCUT2D eigenvalue weighted by Crippen LogP contribution is 2.31. The van der Waals surface area contributed by atoms with Crippen LogP contribution in [0, 0.1) is 6.92 Å². The van der Waals surface area contributed by atoms with E-state index in [-0.39, 0.29) is 10.6 Å². The van der Waals surface area contributed by atoms with Crippen LogP contribution in [0.25, 0.3) is 0 Å². The molecule has 0 aromatic heterocycles. The number of nitrogens with zero attached hydrogens (tertiary/aromatic N) is 1. The molecule has 1 N–H and O–H groups in total. The maximum absolute atomic E-state index is 13.1. The maximum atomic E-state index is 13.1. The quantitative estimate of drug-likeness (QED) is 0.844. The third-order valence-corrected chi connectivity index (χ3v) is 5.78. The zero-order valence-electron chi connectivity index (χ0n) is 14.6. The van der Waals surface area contributed by atoms with Gasteiger partial charge in [0.1, 0.15) is 6.54 Å². The SMILES string of the molecule is Cc1ccccc1S(=O)(=O)N(CC(F)(F)F)c1ccc(C(C)(C)O)cc1. The number of halogens is 3. The molecule has 0 saturated heterocycles. The first kappa shape index (κ1) is 20.3. The molecule has 2 aromatic carbocycles. The minimum atomic E-state index is -4.72. The number of aliphatic hydroxyl groups is 1. The molecule has 0 saturated carbocycles. The second kappa shape index (κ2) is 6.92. The average Bonchev–Trinajstić information content (AvgIpc) is 2.51. The number of anilines is 1. The minimum absolute atomic E-state index is 0.126. The van der Waals surface area contributed by atoms with Gasteiger partial charge in [-0.25, -0.2) is 8.42 Å². The van der Waals surface area contributed by atoms with Crippen molar-refractivity contribution in [1.82, 2.24) is 0 Å². The summed E-state index contributed by atoms with van der Waals surface area (Å²) in [7, 11) is -4.42. The molecule has 0 aliphatic carbocycles. The molecule has 8 heteroatoms. The molecule has 0 bridgehead atoms. The molecular weight excluding hydrogens is 367 g/mol. The van der Waals surface area contributed by atoms with E-state index in [2.05, 4.69) is 0 Å². The van der Waals surface area contributed by atoms with Crippen LogP contribution in [0.5, 0.6) is 0 Å². The van der Waals surface area contributed by atoms with Gasteiger partial charge < -0.3 is 5.11 Å². The van der Waals surface area contributed by atoms with Gasteiger partial charge in [-0.1, -0.05) is 30.3 Å². The number of sulfonamides is 1. The Balaban J connectivity index is 2.56. The topological polar surface area (TPSA) is 57.6 Å². The van der Waals surface area contributed by atoms with Gasteiger partial charge in [-0.15, -0.1) is 0 Å². The zero-order valence-corrected chi connectivity index (χ0v) is 15.4. The molecule has 0 aliphatic heterocycles. The number of rotatable bonds is 5. The van der Waals surface area contributed by atoms with Crippen LogP contribution < -0.4 is 4.31 Å². The van der Waals surface area contributed by atoms with E-state index in [1.54, 1.807) is 6.07 Å². The summed E-state index contributed by atoms with van der Waals surface area (Å²) in [5.41, 5.74) is -0.504. The van der Waals surface area contributed by atoms with E-state index in [0.29, 0.717) is 15.4 Å². The Bertz CT molecular complexity index is 870. The highest BCUT2D eigenvalue weighted by molar-refractivity contribution is 7.92. The predicted molar refractivity (Wildman–Crippen MR) is 93.5 cm³/mol. The van der Waals surface area contributed by atoms with Crippen LogP contribution >= 0.6 is 0 Å². The molecule has 2 rings (SSSR count). The largest absolute Gasteiger partial charge is 0.407 e. The van der Waals surface area contributed by atoms with E-state index in [9.17, 15) is 26.7 Å². The van der Waals surface area contributed by atoms with Crippen molar-refractivity contribution in [3.8, 4) is 0 Å². The van der Waals surface area contributed by atoms with Gasteiger partial charge in [0.25, 0.3) is 10.0 Å². The Morgan fingerprint density at radius 3 is 2.00 bits per heavy atom. The number of hydrogen-bond donors (Lipinski definition) is 1. The second-order valence-electron chi connectivity index (χ2n) is 6.50. The van der Waals surface area contributed by atoms with Crippen molar-refractivity contribution in [3.05, 3.63) is 59.7 Å². The number of hydrogen-bond acceptors (Lipinski definition) is 3. The highest BCUT2D eigenvalue weighted by atomic mass is 32.2. The van der Waals surface area contributed by atoms with Crippen molar-refractivity contribution in [1.29, 1.82) is 0 Å². The van der Waals surface area contributed by atoms with Crippen molar-refractivity contribution >= 4 is 15.7 Å². The maximum Gasteiger partial charge on any atom is 0.407 e. The second-order valence-corrected chi connectivity index (χ2v) is 8.33. The lowest BCUT2D eigenvalue weighted by Crippen LogP contribution is -2.39. The van der Waals surface area contributed by atoms with Crippen molar-refractivity contribution in [3.63, 3.8) is 0 Å². The monoisotopic (exact) mass is 387 g/mol. The molecule has 142 valence electrons. The van der Waals surface area contributed by atoms with Gasteiger partial charge in [-0.3, -0.25) is 4.31 Å². The summed E-state index contributed by atoms with van der Waals surface area (Å²) < 4.78 is 65.3. The van der Waals surface area contributed by atoms with Gasteiger partial charge in [-0.05, 0) is 50.1 Å². The van der Waals surface area contributed by atoms with Crippen molar-refractivity contribution < 1.29 is 26.7 Å². The summed E-state index contributed by atoms with van der Waals surface area (Å²) >= 11 is 0. The lowest BCUT2D eigenvalue weighted by molar-refractivity contribution is -0.117. The molecule has 0 heterocycles. The van der Waals surface area contributed by atoms with E-state index in [0.717, 1.165) is 0 Å². The van der Waals surface area contributed by atoms with Crippen molar-refractivity contribution in [2.24, 2.45) is 0 Å². The summed E-state index contributed by atoms with van der Waals surface area (Å²) in [5, 5.41) is 9.97.